The van der Waals surface area contributed by atoms with Crippen molar-refractivity contribution in [3.05, 3.63) is 17.6 Å². The van der Waals surface area contributed by atoms with Crippen LogP contribution >= 0.6 is 0 Å². The number of nitrogens with one attached hydrogen (secondary N) is 1. The van der Waals surface area contributed by atoms with Crippen LogP contribution in [-0.2, 0) is 16.1 Å². The van der Waals surface area contributed by atoms with E-state index in [1.165, 1.54) is 0 Å². The lowest BCUT2D eigenvalue weighted by Crippen LogP contribution is -2.41. The van der Waals surface area contributed by atoms with Gasteiger partial charge in [-0.15, -0.1) is 0 Å². The van der Waals surface area contributed by atoms with Gasteiger partial charge in [0.25, 0.3) is 0 Å². The van der Waals surface area contributed by atoms with Gasteiger partial charge in [0.1, 0.15) is 12.4 Å². The summed E-state index contributed by atoms with van der Waals surface area (Å²) in [4.78, 5) is 22.1. The fourth-order valence-electron chi connectivity index (χ4n) is 2.17. The van der Waals surface area contributed by atoms with Crippen LogP contribution in [0.2, 0.25) is 0 Å². The van der Waals surface area contributed by atoms with Crippen molar-refractivity contribution in [3.63, 3.8) is 0 Å². The van der Waals surface area contributed by atoms with Crippen molar-refractivity contribution < 1.29 is 9.53 Å². The molecule has 1 aromatic rings. The lowest BCUT2D eigenvalue weighted by molar-refractivity contribution is -0.132. The summed E-state index contributed by atoms with van der Waals surface area (Å²) < 4.78 is 5.05. The molecule has 1 fully saturated rings. The Morgan fingerprint density at radius 3 is 3.00 bits per heavy atom. The zero-order chi connectivity index (χ0) is 13.8. The number of aromatic nitrogens is 2. The van der Waals surface area contributed by atoms with E-state index in [0.717, 1.165) is 24.5 Å². The number of carbonyl (C=O) groups is 1. The number of nitrogens with zero attached hydrogens (tertiary/aromatic N) is 3. The lowest BCUT2D eigenvalue weighted by Gasteiger charge is -2.29. The molecule has 1 atom stereocenters. The maximum atomic E-state index is 11.7. The SMILES string of the molecule is COCc1nc(C)cc(NC2CCN(C)C(=O)C2)n1. The first-order valence-corrected chi connectivity index (χ1v) is 6.42. The van der Waals surface area contributed by atoms with Crippen LogP contribution in [0.15, 0.2) is 6.07 Å². The Balaban J connectivity index is 2.04. The number of amides is 1. The molecule has 1 aromatic heterocycles. The number of hydrogen-bond acceptors (Lipinski definition) is 5. The minimum atomic E-state index is 0.147. The van der Waals surface area contributed by atoms with Gasteiger partial charge in [0.2, 0.25) is 5.91 Å². The zero-order valence-corrected chi connectivity index (χ0v) is 11.6. The van der Waals surface area contributed by atoms with Gasteiger partial charge in [-0.1, -0.05) is 0 Å². The molecule has 0 bridgehead atoms. The summed E-state index contributed by atoms with van der Waals surface area (Å²) in [7, 11) is 3.46. The Morgan fingerprint density at radius 1 is 1.53 bits per heavy atom. The fourth-order valence-corrected chi connectivity index (χ4v) is 2.17. The molecule has 6 nitrogen and oxygen atoms in total. The fraction of sp³-hybridized carbons (Fsp3) is 0.615. The third kappa shape index (κ3) is 3.64. The van der Waals surface area contributed by atoms with Crippen molar-refractivity contribution in [2.75, 3.05) is 26.0 Å². The van der Waals surface area contributed by atoms with Crippen molar-refractivity contribution in [1.82, 2.24) is 14.9 Å². The summed E-state index contributed by atoms with van der Waals surface area (Å²) in [5.41, 5.74) is 0.892. The molecule has 0 spiro atoms. The molecule has 6 heteroatoms. The minimum absolute atomic E-state index is 0.147. The Morgan fingerprint density at radius 2 is 2.32 bits per heavy atom. The standard InChI is InChI=1S/C13H20N4O2/c1-9-6-11(16-12(14-9)8-19-3)15-10-4-5-17(2)13(18)7-10/h6,10H,4-5,7-8H2,1-3H3,(H,14,15,16). The lowest BCUT2D eigenvalue weighted by atomic mass is 10.1. The molecule has 1 amide bonds. The smallest absolute Gasteiger partial charge is 0.224 e. The van der Waals surface area contributed by atoms with E-state index in [1.54, 1.807) is 12.0 Å². The third-order valence-electron chi connectivity index (χ3n) is 3.19. The van der Waals surface area contributed by atoms with Crippen LogP contribution in [-0.4, -0.2) is 47.5 Å². The topological polar surface area (TPSA) is 67.3 Å². The summed E-state index contributed by atoms with van der Waals surface area (Å²) in [5, 5.41) is 3.32. The molecule has 1 aliphatic rings. The van der Waals surface area contributed by atoms with E-state index in [1.807, 2.05) is 20.0 Å². The van der Waals surface area contributed by atoms with Crippen molar-refractivity contribution in [3.8, 4) is 0 Å². The van der Waals surface area contributed by atoms with Gasteiger partial charge < -0.3 is 15.0 Å². The van der Waals surface area contributed by atoms with Crippen LogP contribution in [0.5, 0.6) is 0 Å². The van der Waals surface area contributed by atoms with Crippen LogP contribution in [0.3, 0.4) is 0 Å². The Labute approximate surface area is 113 Å². The molecule has 0 radical (unpaired) electrons. The van der Waals surface area contributed by atoms with Gasteiger partial charge in [-0.2, -0.15) is 0 Å². The molecule has 0 aliphatic carbocycles. The first-order chi connectivity index (χ1) is 9.08. The van der Waals surface area contributed by atoms with E-state index in [0.29, 0.717) is 18.9 Å². The van der Waals surface area contributed by atoms with Gasteiger partial charge in [-0.05, 0) is 13.3 Å². The van der Waals surface area contributed by atoms with E-state index in [-0.39, 0.29) is 11.9 Å². The predicted molar refractivity (Wildman–Crippen MR) is 71.8 cm³/mol. The van der Waals surface area contributed by atoms with Crippen molar-refractivity contribution in [2.24, 2.45) is 0 Å². The molecule has 1 unspecified atom stereocenters. The van der Waals surface area contributed by atoms with E-state index < -0.39 is 0 Å². The summed E-state index contributed by atoms with van der Waals surface area (Å²) in [5.74, 6) is 1.60. The van der Waals surface area contributed by atoms with Gasteiger partial charge in [0.15, 0.2) is 5.82 Å². The highest BCUT2D eigenvalue weighted by Crippen LogP contribution is 2.16. The summed E-state index contributed by atoms with van der Waals surface area (Å²) in [6.45, 7) is 3.10. The highest BCUT2D eigenvalue weighted by atomic mass is 16.5. The molecule has 19 heavy (non-hydrogen) atoms. The van der Waals surface area contributed by atoms with Gasteiger partial charge in [0.05, 0.1) is 0 Å². The number of hydrogen-bond donors (Lipinski definition) is 1. The number of rotatable bonds is 4. The average Bonchev–Trinajstić information content (AvgIpc) is 2.33. The van der Waals surface area contributed by atoms with Crippen LogP contribution in [0.1, 0.15) is 24.4 Å². The van der Waals surface area contributed by atoms with Gasteiger partial charge in [-0.25, -0.2) is 9.97 Å². The average molecular weight is 264 g/mol. The first kappa shape index (κ1) is 13.7. The predicted octanol–water partition coefficient (Wildman–Crippen LogP) is 0.964. The Bertz CT molecular complexity index is 464. The highest BCUT2D eigenvalue weighted by molar-refractivity contribution is 5.77. The summed E-state index contributed by atoms with van der Waals surface area (Å²) in [6.07, 6.45) is 1.45. The molecule has 1 saturated heterocycles. The summed E-state index contributed by atoms with van der Waals surface area (Å²) >= 11 is 0. The van der Waals surface area contributed by atoms with Crippen LogP contribution in [0.4, 0.5) is 5.82 Å². The molecule has 0 aromatic carbocycles. The van der Waals surface area contributed by atoms with Crippen LogP contribution in [0.25, 0.3) is 0 Å². The Hall–Kier alpha value is -1.69. The second-order valence-corrected chi connectivity index (χ2v) is 4.89. The molecule has 1 aliphatic heterocycles. The Kier molecular flexibility index (Phi) is 4.31. The monoisotopic (exact) mass is 264 g/mol. The summed E-state index contributed by atoms with van der Waals surface area (Å²) in [6, 6.07) is 2.04. The number of anilines is 1. The second kappa shape index (κ2) is 5.97. The number of ether oxygens (including phenoxy) is 1. The highest BCUT2D eigenvalue weighted by Gasteiger charge is 2.23. The molecule has 104 valence electrons. The van der Waals surface area contributed by atoms with E-state index >= 15 is 0 Å². The van der Waals surface area contributed by atoms with E-state index in [2.05, 4.69) is 15.3 Å². The van der Waals surface area contributed by atoms with Gasteiger partial charge in [0, 0.05) is 44.9 Å². The van der Waals surface area contributed by atoms with Gasteiger partial charge in [-0.3, -0.25) is 4.79 Å². The maximum absolute atomic E-state index is 11.7. The van der Waals surface area contributed by atoms with Gasteiger partial charge >= 0.3 is 0 Å². The molecule has 2 rings (SSSR count). The van der Waals surface area contributed by atoms with Crippen molar-refractivity contribution in [2.45, 2.75) is 32.4 Å². The number of likely N-dealkylation sites (tertiary alicyclic amines) is 1. The third-order valence-corrected chi connectivity index (χ3v) is 3.19. The van der Waals surface area contributed by atoms with Crippen molar-refractivity contribution >= 4 is 11.7 Å². The minimum Gasteiger partial charge on any atom is -0.377 e. The van der Waals surface area contributed by atoms with Crippen LogP contribution < -0.4 is 5.32 Å². The molecule has 2 heterocycles. The number of methoxy groups -OCH3 is 1. The molecular formula is C13H20N4O2. The number of aryl methyl sites for hydroxylation is 1. The largest absolute Gasteiger partial charge is 0.377 e. The molecule has 1 N–H and O–H groups in total. The van der Waals surface area contributed by atoms with E-state index in [9.17, 15) is 4.79 Å². The van der Waals surface area contributed by atoms with Crippen LogP contribution in [0, 0.1) is 6.92 Å². The van der Waals surface area contributed by atoms with Crippen molar-refractivity contribution in [1.29, 1.82) is 0 Å². The zero-order valence-electron chi connectivity index (χ0n) is 11.6. The first-order valence-electron chi connectivity index (χ1n) is 6.42. The molecular weight excluding hydrogens is 244 g/mol. The quantitative estimate of drug-likeness (QED) is 0.877. The normalized spacial score (nSPS) is 19.6. The van der Waals surface area contributed by atoms with E-state index in [4.69, 9.17) is 4.74 Å². The number of piperidine rings is 1. The maximum Gasteiger partial charge on any atom is 0.224 e. The second-order valence-electron chi connectivity index (χ2n) is 4.89. The molecule has 0 saturated carbocycles. The number of carbonyl (C=O) groups excluding carboxylic acids is 1.